The maximum Gasteiger partial charge on any atom is 0.0617 e. The van der Waals surface area contributed by atoms with Crippen LogP contribution < -0.4 is 5.32 Å². The van der Waals surface area contributed by atoms with Crippen molar-refractivity contribution in [3.8, 4) is 0 Å². The van der Waals surface area contributed by atoms with Gasteiger partial charge in [0.1, 0.15) is 0 Å². The van der Waals surface area contributed by atoms with Gasteiger partial charge < -0.3 is 5.32 Å². The first-order valence-corrected chi connectivity index (χ1v) is 9.73. The van der Waals surface area contributed by atoms with Crippen molar-refractivity contribution in [1.82, 2.24) is 10.2 Å². The van der Waals surface area contributed by atoms with Gasteiger partial charge in [0.05, 0.1) is 16.1 Å². The highest BCUT2D eigenvalue weighted by atomic mass is 35.5. The molecule has 1 atom stereocenters. The molecule has 1 aliphatic rings. The summed E-state index contributed by atoms with van der Waals surface area (Å²) < 4.78 is 1.33. The van der Waals surface area contributed by atoms with Crippen LogP contribution in [0.3, 0.4) is 0 Å². The number of piperazine rings is 1. The number of rotatable bonds is 3. The summed E-state index contributed by atoms with van der Waals surface area (Å²) in [5.41, 5.74) is 2.56. The van der Waals surface area contributed by atoms with Gasteiger partial charge in [0, 0.05) is 30.9 Å². The largest absolute Gasteiger partial charge is 0.314 e. The summed E-state index contributed by atoms with van der Waals surface area (Å²) in [7, 11) is 0. The molecule has 0 amide bonds. The lowest BCUT2D eigenvalue weighted by Gasteiger charge is -2.35. The molecule has 2 aromatic carbocycles. The lowest BCUT2D eigenvalue weighted by atomic mass is 9.96. The van der Waals surface area contributed by atoms with E-state index in [1.54, 1.807) is 11.3 Å². The summed E-state index contributed by atoms with van der Waals surface area (Å²) in [5, 5.41) is 8.29. The number of halogens is 2. The molecule has 5 heteroatoms. The molecule has 124 valence electrons. The van der Waals surface area contributed by atoms with Gasteiger partial charge in [0.25, 0.3) is 0 Å². The van der Waals surface area contributed by atoms with Crippen molar-refractivity contribution in [3.05, 3.63) is 69.0 Å². The van der Waals surface area contributed by atoms with Gasteiger partial charge in [0.2, 0.25) is 0 Å². The van der Waals surface area contributed by atoms with Crippen molar-refractivity contribution in [2.24, 2.45) is 0 Å². The monoisotopic (exact) mass is 376 g/mol. The summed E-state index contributed by atoms with van der Waals surface area (Å²) in [5.74, 6) is 0. The predicted octanol–water partition coefficient (Wildman–Crippen LogP) is 5.20. The van der Waals surface area contributed by atoms with Gasteiger partial charge in [-0.25, -0.2) is 0 Å². The van der Waals surface area contributed by atoms with Crippen molar-refractivity contribution in [2.75, 3.05) is 26.2 Å². The van der Waals surface area contributed by atoms with Gasteiger partial charge in [-0.3, -0.25) is 4.90 Å². The molecule has 24 heavy (non-hydrogen) atoms. The Morgan fingerprint density at radius 2 is 1.79 bits per heavy atom. The van der Waals surface area contributed by atoms with Crippen molar-refractivity contribution < 1.29 is 0 Å². The fourth-order valence-corrected chi connectivity index (χ4v) is 4.71. The fraction of sp³-hybridized carbons (Fsp3) is 0.263. The van der Waals surface area contributed by atoms with Gasteiger partial charge in [-0.1, -0.05) is 47.5 Å². The van der Waals surface area contributed by atoms with Gasteiger partial charge >= 0.3 is 0 Å². The molecule has 0 aliphatic carbocycles. The lowest BCUT2D eigenvalue weighted by molar-refractivity contribution is 0.199. The third kappa shape index (κ3) is 3.07. The van der Waals surface area contributed by atoms with Crippen LogP contribution in [0, 0.1) is 0 Å². The smallest absolute Gasteiger partial charge is 0.0617 e. The van der Waals surface area contributed by atoms with E-state index in [1.807, 2.05) is 12.1 Å². The maximum absolute atomic E-state index is 6.32. The van der Waals surface area contributed by atoms with Gasteiger partial charge in [-0.2, -0.15) is 0 Å². The number of benzene rings is 2. The molecule has 0 spiro atoms. The van der Waals surface area contributed by atoms with Crippen LogP contribution in [-0.4, -0.2) is 31.1 Å². The molecule has 0 saturated carbocycles. The molecule has 1 aliphatic heterocycles. The first kappa shape index (κ1) is 16.4. The Kier molecular flexibility index (Phi) is 4.79. The normalized spacial score (nSPS) is 17.2. The number of hydrogen-bond acceptors (Lipinski definition) is 3. The second kappa shape index (κ2) is 7.03. The Morgan fingerprint density at radius 3 is 2.58 bits per heavy atom. The van der Waals surface area contributed by atoms with E-state index in [0.717, 1.165) is 26.2 Å². The summed E-state index contributed by atoms with van der Waals surface area (Å²) in [4.78, 5) is 2.53. The highest BCUT2D eigenvalue weighted by Crippen LogP contribution is 2.38. The second-order valence-electron chi connectivity index (χ2n) is 6.05. The molecule has 2 heterocycles. The van der Waals surface area contributed by atoms with E-state index in [1.165, 1.54) is 21.2 Å². The van der Waals surface area contributed by atoms with Crippen LogP contribution in [0.1, 0.15) is 17.2 Å². The van der Waals surface area contributed by atoms with E-state index in [9.17, 15) is 0 Å². The summed E-state index contributed by atoms with van der Waals surface area (Å²) in [6.07, 6.45) is 0. The molecular formula is C19H18Cl2N2S. The van der Waals surface area contributed by atoms with Crippen LogP contribution >= 0.6 is 34.5 Å². The molecule has 1 N–H and O–H groups in total. The van der Waals surface area contributed by atoms with Crippen LogP contribution in [-0.2, 0) is 0 Å². The topological polar surface area (TPSA) is 15.3 Å². The maximum atomic E-state index is 6.32. The molecular weight excluding hydrogens is 359 g/mol. The van der Waals surface area contributed by atoms with E-state index in [0.29, 0.717) is 10.0 Å². The molecule has 2 nitrogen and oxygen atoms in total. The molecule has 1 fully saturated rings. The number of hydrogen-bond donors (Lipinski definition) is 1. The van der Waals surface area contributed by atoms with Gasteiger partial charge in [-0.15, -0.1) is 11.3 Å². The quantitative estimate of drug-likeness (QED) is 0.675. The van der Waals surface area contributed by atoms with E-state index in [2.05, 4.69) is 45.9 Å². The minimum absolute atomic E-state index is 0.206. The lowest BCUT2D eigenvalue weighted by Crippen LogP contribution is -2.45. The van der Waals surface area contributed by atoms with Crippen LogP contribution in [0.5, 0.6) is 0 Å². The second-order valence-corrected chi connectivity index (χ2v) is 7.77. The molecule has 1 aromatic heterocycles. The molecule has 4 rings (SSSR count). The minimum atomic E-state index is 0.206. The minimum Gasteiger partial charge on any atom is -0.314 e. The van der Waals surface area contributed by atoms with Crippen LogP contribution in [0.15, 0.2) is 47.8 Å². The third-order valence-corrected chi connectivity index (χ3v) is 6.30. The van der Waals surface area contributed by atoms with Crippen LogP contribution in [0.25, 0.3) is 10.1 Å². The van der Waals surface area contributed by atoms with Crippen LogP contribution in [0.2, 0.25) is 10.0 Å². The van der Waals surface area contributed by atoms with E-state index < -0.39 is 0 Å². The van der Waals surface area contributed by atoms with E-state index in [4.69, 9.17) is 23.2 Å². The summed E-state index contributed by atoms with van der Waals surface area (Å²) >= 11 is 14.3. The van der Waals surface area contributed by atoms with Crippen molar-refractivity contribution in [3.63, 3.8) is 0 Å². The average molecular weight is 377 g/mol. The molecule has 1 saturated heterocycles. The number of thiophene rings is 1. The highest BCUT2D eigenvalue weighted by molar-refractivity contribution is 7.17. The average Bonchev–Trinajstić information content (AvgIpc) is 3.03. The zero-order valence-corrected chi connectivity index (χ0v) is 15.5. The summed E-state index contributed by atoms with van der Waals surface area (Å²) in [6, 6.07) is 14.8. The molecule has 3 aromatic rings. The van der Waals surface area contributed by atoms with Crippen molar-refractivity contribution in [2.45, 2.75) is 6.04 Å². The molecule has 0 bridgehead atoms. The van der Waals surface area contributed by atoms with Crippen molar-refractivity contribution in [1.29, 1.82) is 0 Å². The Morgan fingerprint density at radius 1 is 1.00 bits per heavy atom. The number of nitrogens with zero attached hydrogens (tertiary/aromatic N) is 1. The van der Waals surface area contributed by atoms with Gasteiger partial charge in [0.15, 0.2) is 0 Å². The Labute approximate surface area is 156 Å². The zero-order chi connectivity index (χ0) is 16.5. The van der Waals surface area contributed by atoms with Gasteiger partial charge in [-0.05, 0) is 40.1 Å². The SMILES string of the molecule is Clc1ccc(C(c2csc3ccccc23)N2CCNCC2)cc1Cl. The predicted molar refractivity (Wildman–Crippen MR) is 105 cm³/mol. The fourth-order valence-electron chi connectivity index (χ4n) is 3.42. The Hall–Kier alpha value is -1.10. The van der Waals surface area contributed by atoms with E-state index in [-0.39, 0.29) is 6.04 Å². The highest BCUT2D eigenvalue weighted by Gasteiger charge is 2.26. The molecule has 0 radical (unpaired) electrons. The zero-order valence-electron chi connectivity index (χ0n) is 13.1. The Bertz CT molecular complexity index is 855. The standard InChI is InChI=1S/C19H18Cl2N2S/c20-16-6-5-13(11-17(16)21)19(23-9-7-22-8-10-23)15-12-24-18-4-2-1-3-14(15)18/h1-6,11-12,19,22H,7-10H2. The van der Waals surface area contributed by atoms with E-state index >= 15 is 0 Å². The van der Waals surface area contributed by atoms with Crippen LogP contribution in [0.4, 0.5) is 0 Å². The number of fused-ring (bicyclic) bond motifs is 1. The number of nitrogens with one attached hydrogen (secondary N) is 1. The molecule has 1 unspecified atom stereocenters. The third-order valence-electron chi connectivity index (χ3n) is 4.58. The first-order chi connectivity index (χ1) is 11.7. The Balaban J connectivity index is 1.84. The first-order valence-electron chi connectivity index (χ1n) is 8.10. The summed E-state index contributed by atoms with van der Waals surface area (Å²) in [6.45, 7) is 4.07. The van der Waals surface area contributed by atoms with Crippen molar-refractivity contribution >= 4 is 44.6 Å².